The number of hydrogen-bond acceptors (Lipinski definition) is 3. The molecule has 3 nitrogen and oxygen atoms in total. The second-order valence-corrected chi connectivity index (χ2v) is 8.81. The maximum atomic E-state index is 13.1. The van der Waals surface area contributed by atoms with Crippen molar-refractivity contribution in [1.82, 2.24) is 4.90 Å². The summed E-state index contributed by atoms with van der Waals surface area (Å²) in [6, 6.07) is 14.0. The normalized spacial score (nSPS) is 22.0. The van der Waals surface area contributed by atoms with Crippen molar-refractivity contribution >= 4 is 21.7 Å². The van der Waals surface area contributed by atoms with E-state index in [0.29, 0.717) is 12.5 Å². The van der Waals surface area contributed by atoms with E-state index in [2.05, 4.69) is 46.9 Å². The van der Waals surface area contributed by atoms with Crippen LogP contribution in [0.25, 0.3) is 0 Å². The number of likely N-dealkylation sites (N-methyl/N-ethyl adjacent to an activating group) is 1. The van der Waals surface area contributed by atoms with Crippen molar-refractivity contribution in [2.45, 2.75) is 44.8 Å². The van der Waals surface area contributed by atoms with Crippen LogP contribution in [0.4, 0.5) is 0 Å². The van der Waals surface area contributed by atoms with Crippen LogP contribution < -0.4 is 4.74 Å². The molecule has 0 amide bonds. The Morgan fingerprint density at radius 2 is 1.89 bits per heavy atom. The summed E-state index contributed by atoms with van der Waals surface area (Å²) in [5.74, 6) is 2.17. The molecule has 142 valence electrons. The fourth-order valence-electron chi connectivity index (χ4n) is 4.07. The second-order valence-electron chi connectivity index (χ2n) is 8.01. The molecule has 2 atom stereocenters. The molecule has 4 heteroatoms. The lowest BCUT2D eigenvalue weighted by Gasteiger charge is -2.35. The molecular weight excluding hydrogens is 402 g/mol. The molecule has 2 aromatic rings. The molecule has 0 bridgehead atoms. The van der Waals surface area contributed by atoms with E-state index in [9.17, 15) is 4.79 Å². The van der Waals surface area contributed by atoms with Gasteiger partial charge in [0.25, 0.3) is 0 Å². The number of nitrogens with zero attached hydrogens (tertiary/aromatic N) is 1. The fourth-order valence-corrected chi connectivity index (χ4v) is 4.92. The standard InChI is InChI=1S/C23H26BrNO2/c1-15-12-19(25(2)13-16-8-9-16)23(26)18-10-11-20(22(24)21(15)18)27-14-17-6-4-3-5-7-17/h3-7,10-11,15-16,19H,8-9,12-14H2,1-2H3. The highest BCUT2D eigenvalue weighted by Crippen LogP contribution is 2.42. The number of carbonyl (C=O) groups excluding carboxylic acids is 1. The number of ether oxygens (including phenoxy) is 1. The van der Waals surface area contributed by atoms with E-state index < -0.39 is 0 Å². The first kappa shape index (κ1) is 18.7. The molecule has 2 aliphatic carbocycles. The molecule has 0 saturated heterocycles. The van der Waals surface area contributed by atoms with Gasteiger partial charge in [-0.05, 0) is 77.3 Å². The molecule has 0 aromatic heterocycles. The molecule has 4 rings (SSSR count). The number of halogens is 1. The lowest BCUT2D eigenvalue weighted by atomic mass is 9.79. The number of hydrogen-bond donors (Lipinski definition) is 0. The molecule has 1 fully saturated rings. The third-order valence-corrected chi connectivity index (χ3v) is 6.61. The van der Waals surface area contributed by atoms with E-state index in [0.717, 1.165) is 45.8 Å². The average molecular weight is 428 g/mol. The summed E-state index contributed by atoms with van der Waals surface area (Å²) in [5, 5.41) is 0. The minimum Gasteiger partial charge on any atom is -0.488 e. The summed E-state index contributed by atoms with van der Waals surface area (Å²) < 4.78 is 6.97. The van der Waals surface area contributed by atoms with Gasteiger partial charge in [-0.2, -0.15) is 0 Å². The molecule has 1 saturated carbocycles. The quantitative estimate of drug-likeness (QED) is 0.615. The highest BCUT2D eigenvalue weighted by atomic mass is 79.9. The molecule has 2 aliphatic rings. The van der Waals surface area contributed by atoms with Crippen LogP contribution in [0.2, 0.25) is 0 Å². The largest absolute Gasteiger partial charge is 0.488 e. The van der Waals surface area contributed by atoms with Gasteiger partial charge in [-0.15, -0.1) is 0 Å². The minimum atomic E-state index is -0.00362. The summed E-state index contributed by atoms with van der Waals surface area (Å²) in [6.45, 7) is 3.78. The van der Waals surface area contributed by atoms with Crippen LogP contribution >= 0.6 is 15.9 Å². The summed E-state index contributed by atoms with van der Waals surface area (Å²) >= 11 is 3.72. The van der Waals surface area contributed by atoms with Crippen molar-refractivity contribution in [3.05, 3.63) is 63.6 Å². The zero-order valence-corrected chi connectivity index (χ0v) is 17.5. The maximum absolute atomic E-state index is 13.1. The van der Waals surface area contributed by atoms with E-state index in [1.165, 1.54) is 12.8 Å². The Morgan fingerprint density at radius 1 is 1.15 bits per heavy atom. The molecule has 2 unspecified atom stereocenters. The highest BCUT2D eigenvalue weighted by Gasteiger charge is 2.37. The van der Waals surface area contributed by atoms with Gasteiger partial charge >= 0.3 is 0 Å². The van der Waals surface area contributed by atoms with Crippen LogP contribution in [0.3, 0.4) is 0 Å². The number of fused-ring (bicyclic) bond motifs is 1. The predicted molar refractivity (Wildman–Crippen MR) is 111 cm³/mol. The molecule has 0 radical (unpaired) electrons. The van der Waals surface area contributed by atoms with Crippen LogP contribution in [-0.4, -0.2) is 30.3 Å². The Morgan fingerprint density at radius 3 is 2.59 bits per heavy atom. The first-order chi connectivity index (χ1) is 13.0. The number of rotatable bonds is 6. The second kappa shape index (κ2) is 7.76. The Labute approximate surface area is 169 Å². The van der Waals surface area contributed by atoms with Gasteiger partial charge in [0.15, 0.2) is 5.78 Å². The first-order valence-corrected chi connectivity index (χ1v) is 10.6. The lowest BCUT2D eigenvalue weighted by Crippen LogP contribution is -2.43. The van der Waals surface area contributed by atoms with Crippen LogP contribution in [0.15, 0.2) is 46.9 Å². The van der Waals surface area contributed by atoms with Gasteiger partial charge in [-0.1, -0.05) is 37.3 Å². The zero-order valence-electron chi connectivity index (χ0n) is 16.0. The van der Waals surface area contributed by atoms with E-state index in [4.69, 9.17) is 4.74 Å². The van der Waals surface area contributed by atoms with Crippen LogP contribution in [0.5, 0.6) is 5.75 Å². The predicted octanol–water partition coefficient (Wildman–Crippen LogP) is 5.43. The van der Waals surface area contributed by atoms with Gasteiger partial charge in [0.05, 0.1) is 10.5 Å². The van der Waals surface area contributed by atoms with Crippen molar-refractivity contribution in [2.24, 2.45) is 5.92 Å². The molecule has 0 heterocycles. The maximum Gasteiger partial charge on any atom is 0.180 e. The van der Waals surface area contributed by atoms with E-state index in [-0.39, 0.29) is 11.8 Å². The Hall–Kier alpha value is -1.65. The minimum absolute atomic E-state index is 0.00362. The zero-order chi connectivity index (χ0) is 19.0. The molecule has 27 heavy (non-hydrogen) atoms. The summed E-state index contributed by atoms with van der Waals surface area (Å²) in [6.07, 6.45) is 3.49. The monoisotopic (exact) mass is 427 g/mol. The number of ketones is 1. The van der Waals surface area contributed by atoms with E-state index in [1.807, 2.05) is 30.3 Å². The fraction of sp³-hybridized carbons (Fsp3) is 0.435. The number of benzene rings is 2. The van der Waals surface area contributed by atoms with Crippen LogP contribution in [0.1, 0.15) is 53.6 Å². The van der Waals surface area contributed by atoms with Gasteiger partial charge < -0.3 is 4.74 Å². The van der Waals surface area contributed by atoms with Crippen molar-refractivity contribution < 1.29 is 9.53 Å². The molecule has 0 spiro atoms. The summed E-state index contributed by atoms with van der Waals surface area (Å²) in [5.41, 5.74) is 3.08. The third kappa shape index (κ3) is 3.97. The van der Waals surface area contributed by atoms with Gasteiger partial charge in [-0.3, -0.25) is 9.69 Å². The Bertz CT molecular complexity index is 832. The van der Waals surface area contributed by atoms with Gasteiger partial charge in [0, 0.05) is 12.1 Å². The van der Waals surface area contributed by atoms with Crippen molar-refractivity contribution in [3.8, 4) is 5.75 Å². The van der Waals surface area contributed by atoms with Crippen molar-refractivity contribution in [2.75, 3.05) is 13.6 Å². The lowest BCUT2D eigenvalue weighted by molar-refractivity contribution is 0.0808. The highest BCUT2D eigenvalue weighted by molar-refractivity contribution is 9.10. The number of Topliss-reactive ketones (excluding diaryl/α,β-unsaturated/α-hetero) is 1. The molecule has 0 N–H and O–H groups in total. The van der Waals surface area contributed by atoms with Crippen molar-refractivity contribution in [3.63, 3.8) is 0 Å². The molecule has 2 aromatic carbocycles. The van der Waals surface area contributed by atoms with E-state index in [1.54, 1.807) is 0 Å². The number of carbonyl (C=O) groups is 1. The van der Waals surface area contributed by atoms with Gasteiger partial charge in [-0.25, -0.2) is 0 Å². The SMILES string of the molecule is CC1CC(N(C)CC2CC2)C(=O)c2ccc(OCc3ccccc3)c(Br)c21. The molecule has 0 aliphatic heterocycles. The summed E-state index contributed by atoms with van der Waals surface area (Å²) in [4.78, 5) is 15.4. The van der Waals surface area contributed by atoms with Crippen LogP contribution in [-0.2, 0) is 6.61 Å². The molecular formula is C23H26BrNO2. The van der Waals surface area contributed by atoms with E-state index >= 15 is 0 Å². The third-order valence-electron chi connectivity index (χ3n) is 5.79. The summed E-state index contributed by atoms with van der Waals surface area (Å²) in [7, 11) is 2.10. The smallest absolute Gasteiger partial charge is 0.180 e. The average Bonchev–Trinajstić information content (AvgIpc) is 3.48. The Kier molecular flexibility index (Phi) is 5.38. The topological polar surface area (TPSA) is 29.5 Å². The van der Waals surface area contributed by atoms with Gasteiger partial charge in [0.1, 0.15) is 12.4 Å². The Balaban J connectivity index is 1.55. The van der Waals surface area contributed by atoms with Crippen LogP contribution in [0, 0.1) is 5.92 Å². The van der Waals surface area contributed by atoms with Gasteiger partial charge in [0.2, 0.25) is 0 Å². The first-order valence-electron chi connectivity index (χ1n) is 9.78. The van der Waals surface area contributed by atoms with Crippen molar-refractivity contribution in [1.29, 1.82) is 0 Å².